The first-order valence-corrected chi connectivity index (χ1v) is 9.77. The maximum atomic E-state index is 12.1. The van der Waals surface area contributed by atoms with Gasteiger partial charge in [0.2, 0.25) is 10.9 Å². The van der Waals surface area contributed by atoms with Crippen LogP contribution in [0.2, 0.25) is 0 Å². The average Bonchev–Trinajstić information content (AvgIpc) is 3.20. The van der Waals surface area contributed by atoms with Crippen LogP contribution in [0.4, 0.5) is 0 Å². The number of nitrogens with zero attached hydrogens (tertiary/aromatic N) is 3. The number of thioether (sulfide) groups is 1. The van der Waals surface area contributed by atoms with Crippen molar-refractivity contribution in [3.05, 3.63) is 60.2 Å². The van der Waals surface area contributed by atoms with Crippen molar-refractivity contribution in [2.45, 2.75) is 11.6 Å². The van der Waals surface area contributed by atoms with Crippen LogP contribution in [0, 0.1) is 0 Å². The zero-order valence-corrected chi connectivity index (χ0v) is 15.0. The molecule has 2 aromatic heterocycles. The van der Waals surface area contributed by atoms with E-state index < -0.39 is 0 Å². The largest absolute Gasteiger partial charge is 0.355 e. The predicted molar refractivity (Wildman–Crippen MR) is 102 cm³/mol. The summed E-state index contributed by atoms with van der Waals surface area (Å²) in [4.78, 5) is 12.9. The molecule has 0 bridgehead atoms. The second-order valence-corrected chi connectivity index (χ2v) is 7.50. The van der Waals surface area contributed by atoms with Gasteiger partial charge in [0.25, 0.3) is 0 Å². The minimum atomic E-state index is 0.0113. The fraction of sp³-hybridized carbons (Fsp3) is 0.167. The van der Waals surface area contributed by atoms with E-state index in [2.05, 4.69) is 33.7 Å². The zero-order valence-electron chi connectivity index (χ0n) is 13.4. The summed E-state index contributed by atoms with van der Waals surface area (Å²) >= 11 is 3.02. The molecule has 0 atom stereocenters. The van der Waals surface area contributed by atoms with Crippen molar-refractivity contribution < 1.29 is 4.79 Å². The van der Waals surface area contributed by atoms with Crippen LogP contribution in [0.1, 0.15) is 5.56 Å². The van der Waals surface area contributed by atoms with Crippen molar-refractivity contribution in [3.8, 4) is 0 Å². The van der Waals surface area contributed by atoms with Crippen LogP contribution in [0.15, 0.2) is 59.8 Å². The van der Waals surface area contributed by atoms with Gasteiger partial charge >= 0.3 is 0 Å². The molecule has 2 heterocycles. The second-order valence-electron chi connectivity index (χ2n) is 5.54. The standard InChI is InChI=1S/C18H16N4OS2/c23-16(19-11-10-13-6-2-1-3-7-13)12-24-17-20-21-18-22(17)14-8-4-5-9-15(14)25-18/h1-9H,10-12H2,(H,19,23). The van der Waals surface area contributed by atoms with E-state index in [9.17, 15) is 4.79 Å². The Labute approximate surface area is 153 Å². The number of fused-ring (bicyclic) bond motifs is 3. The summed E-state index contributed by atoms with van der Waals surface area (Å²) in [6.07, 6.45) is 0.835. The molecule has 5 nitrogen and oxygen atoms in total. The number of carbonyl (C=O) groups is 1. The molecule has 4 aromatic rings. The smallest absolute Gasteiger partial charge is 0.230 e. The van der Waals surface area contributed by atoms with Gasteiger partial charge in [0.1, 0.15) is 0 Å². The molecule has 4 rings (SSSR count). The first-order valence-electron chi connectivity index (χ1n) is 7.97. The summed E-state index contributed by atoms with van der Waals surface area (Å²) in [7, 11) is 0. The number of hydrogen-bond donors (Lipinski definition) is 1. The molecule has 1 N–H and O–H groups in total. The van der Waals surface area contributed by atoms with Crippen molar-refractivity contribution in [3.63, 3.8) is 0 Å². The number of thiazole rings is 1. The van der Waals surface area contributed by atoms with Crippen LogP contribution >= 0.6 is 23.1 Å². The van der Waals surface area contributed by atoms with Gasteiger partial charge in [-0.25, -0.2) is 0 Å². The first kappa shape index (κ1) is 16.1. The fourth-order valence-corrected chi connectivity index (χ4v) is 4.42. The van der Waals surface area contributed by atoms with Gasteiger partial charge in [0, 0.05) is 6.54 Å². The van der Waals surface area contributed by atoms with E-state index in [-0.39, 0.29) is 5.91 Å². The zero-order chi connectivity index (χ0) is 17.1. The van der Waals surface area contributed by atoms with Crippen LogP contribution < -0.4 is 5.32 Å². The first-order chi connectivity index (χ1) is 12.3. The van der Waals surface area contributed by atoms with Crippen LogP contribution in [0.5, 0.6) is 0 Å². The Hall–Kier alpha value is -2.38. The van der Waals surface area contributed by atoms with Gasteiger partial charge in [-0.05, 0) is 24.1 Å². The number of benzene rings is 2. The maximum Gasteiger partial charge on any atom is 0.230 e. The summed E-state index contributed by atoms with van der Waals surface area (Å²) in [5.74, 6) is 0.344. The van der Waals surface area contributed by atoms with Crippen LogP contribution in [0.3, 0.4) is 0 Å². The molecule has 0 radical (unpaired) electrons. The number of para-hydroxylation sites is 1. The van der Waals surface area contributed by atoms with E-state index in [0.29, 0.717) is 12.3 Å². The molecular formula is C18H16N4OS2. The Morgan fingerprint density at radius 1 is 1.08 bits per heavy atom. The molecule has 0 unspecified atom stereocenters. The summed E-state index contributed by atoms with van der Waals surface area (Å²) in [6.45, 7) is 0.639. The van der Waals surface area contributed by atoms with E-state index in [0.717, 1.165) is 22.1 Å². The van der Waals surface area contributed by atoms with Crippen molar-refractivity contribution in [2.75, 3.05) is 12.3 Å². The van der Waals surface area contributed by atoms with E-state index in [1.165, 1.54) is 22.0 Å². The maximum absolute atomic E-state index is 12.1. The lowest BCUT2D eigenvalue weighted by Gasteiger charge is -2.04. The third kappa shape index (κ3) is 3.52. The molecule has 126 valence electrons. The highest BCUT2D eigenvalue weighted by molar-refractivity contribution is 7.99. The van der Waals surface area contributed by atoms with Gasteiger partial charge in [-0.15, -0.1) is 10.2 Å². The van der Waals surface area contributed by atoms with Crippen molar-refractivity contribution in [1.82, 2.24) is 19.9 Å². The normalized spacial score (nSPS) is 11.2. The molecule has 0 aliphatic rings. The molecule has 2 aromatic carbocycles. The van der Waals surface area contributed by atoms with E-state index >= 15 is 0 Å². The predicted octanol–water partition coefficient (Wildman–Crippen LogP) is 3.40. The molecule has 25 heavy (non-hydrogen) atoms. The van der Waals surface area contributed by atoms with Gasteiger partial charge in [0.15, 0.2) is 5.16 Å². The van der Waals surface area contributed by atoms with E-state index in [1.807, 2.05) is 40.8 Å². The SMILES string of the molecule is O=C(CSc1nnc2sc3ccccc3n12)NCCc1ccccc1. The van der Waals surface area contributed by atoms with Crippen LogP contribution in [-0.2, 0) is 11.2 Å². The summed E-state index contributed by atoms with van der Waals surface area (Å²) in [5.41, 5.74) is 2.30. The fourth-order valence-electron chi connectivity index (χ4n) is 2.62. The van der Waals surface area contributed by atoms with Crippen molar-refractivity contribution in [1.29, 1.82) is 0 Å². The van der Waals surface area contributed by atoms with Gasteiger partial charge in [0.05, 0.1) is 16.0 Å². The highest BCUT2D eigenvalue weighted by atomic mass is 32.2. The molecule has 1 amide bonds. The second kappa shape index (κ2) is 7.25. The minimum absolute atomic E-state index is 0.0113. The van der Waals surface area contributed by atoms with Crippen LogP contribution in [-0.4, -0.2) is 32.8 Å². The summed E-state index contributed by atoms with van der Waals surface area (Å²) < 4.78 is 3.18. The average molecular weight is 368 g/mol. The number of carbonyl (C=O) groups excluding carboxylic acids is 1. The Kier molecular flexibility index (Phi) is 4.67. The summed E-state index contributed by atoms with van der Waals surface area (Å²) in [5, 5.41) is 12.1. The van der Waals surface area contributed by atoms with Crippen LogP contribution in [0.25, 0.3) is 15.2 Å². The van der Waals surface area contributed by atoms with Gasteiger partial charge in [-0.1, -0.05) is 65.6 Å². The lowest BCUT2D eigenvalue weighted by atomic mass is 10.1. The topological polar surface area (TPSA) is 59.3 Å². The molecule has 0 aliphatic carbocycles. The summed E-state index contributed by atoms with van der Waals surface area (Å²) in [6, 6.07) is 18.3. The Balaban J connectivity index is 1.36. The molecule has 0 saturated heterocycles. The van der Waals surface area contributed by atoms with Crippen molar-refractivity contribution in [2.24, 2.45) is 0 Å². The van der Waals surface area contributed by atoms with E-state index in [1.54, 1.807) is 11.3 Å². The number of nitrogens with one attached hydrogen (secondary N) is 1. The van der Waals surface area contributed by atoms with Gasteiger partial charge in [-0.2, -0.15) is 0 Å². The molecule has 0 saturated carbocycles. The minimum Gasteiger partial charge on any atom is -0.355 e. The molecule has 0 fully saturated rings. The Morgan fingerprint density at radius 3 is 2.76 bits per heavy atom. The number of hydrogen-bond acceptors (Lipinski definition) is 5. The van der Waals surface area contributed by atoms with E-state index in [4.69, 9.17) is 0 Å². The molecule has 7 heteroatoms. The highest BCUT2D eigenvalue weighted by Crippen LogP contribution is 2.29. The third-order valence-electron chi connectivity index (χ3n) is 3.82. The highest BCUT2D eigenvalue weighted by Gasteiger charge is 2.13. The number of aromatic nitrogens is 3. The van der Waals surface area contributed by atoms with Gasteiger partial charge < -0.3 is 5.32 Å². The Bertz CT molecular complexity index is 1010. The number of rotatable bonds is 6. The quantitative estimate of drug-likeness (QED) is 0.530. The molecule has 0 spiro atoms. The number of amides is 1. The molecular weight excluding hydrogens is 352 g/mol. The monoisotopic (exact) mass is 368 g/mol. The van der Waals surface area contributed by atoms with Gasteiger partial charge in [-0.3, -0.25) is 9.20 Å². The van der Waals surface area contributed by atoms with Crippen molar-refractivity contribution >= 4 is 44.2 Å². The third-order valence-corrected chi connectivity index (χ3v) is 5.76. The lowest BCUT2D eigenvalue weighted by Crippen LogP contribution is -2.27. The Morgan fingerprint density at radius 2 is 1.88 bits per heavy atom. The lowest BCUT2D eigenvalue weighted by molar-refractivity contribution is -0.118. The molecule has 0 aliphatic heterocycles.